The van der Waals surface area contributed by atoms with Crippen LogP contribution in [0.2, 0.25) is 0 Å². The number of hydrogen-bond acceptors (Lipinski definition) is 3. The van der Waals surface area contributed by atoms with E-state index in [-0.39, 0.29) is 24.5 Å². The molecule has 0 aromatic carbocycles. The van der Waals surface area contributed by atoms with E-state index in [0.717, 1.165) is 44.9 Å². The van der Waals surface area contributed by atoms with Gasteiger partial charge < -0.3 is 16.2 Å². The quantitative estimate of drug-likeness (QED) is 0.618. The van der Waals surface area contributed by atoms with E-state index in [9.17, 15) is 4.79 Å². The summed E-state index contributed by atoms with van der Waals surface area (Å²) < 4.78 is 0. The highest BCUT2D eigenvalue weighted by molar-refractivity contribution is 5.79. The Kier molecular flexibility index (Phi) is 8.07. The number of hydrogen-bond donors (Lipinski definition) is 3. The number of aliphatic hydroxyl groups excluding tert-OH is 1. The summed E-state index contributed by atoms with van der Waals surface area (Å²) in [5.41, 5.74) is 6.10. The van der Waals surface area contributed by atoms with Crippen LogP contribution in [0.1, 0.15) is 58.3 Å². The van der Waals surface area contributed by atoms with Crippen molar-refractivity contribution in [1.29, 1.82) is 0 Å². The largest absolute Gasteiger partial charge is 0.396 e. The maximum atomic E-state index is 12.2. The number of nitrogens with one attached hydrogen (secondary N) is 1. The standard InChI is InChI=1S/C15H30N2O2/c1-2-6-12(9-10-18)11-17-15(19)13-7-4-3-5-8-14(13)16/h12-14,18H,2-11,16H2,1H3,(H,17,19). The van der Waals surface area contributed by atoms with Crippen LogP contribution in [0.25, 0.3) is 0 Å². The third-order valence-electron chi connectivity index (χ3n) is 4.21. The van der Waals surface area contributed by atoms with Gasteiger partial charge in [0.2, 0.25) is 5.91 Å². The maximum absolute atomic E-state index is 12.2. The van der Waals surface area contributed by atoms with Crippen LogP contribution in [0.15, 0.2) is 0 Å². The van der Waals surface area contributed by atoms with Crippen LogP contribution in [0.5, 0.6) is 0 Å². The van der Waals surface area contributed by atoms with E-state index in [4.69, 9.17) is 10.8 Å². The van der Waals surface area contributed by atoms with E-state index in [1.807, 2.05) is 0 Å². The first-order valence-corrected chi connectivity index (χ1v) is 7.83. The molecule has 1 rings (SSSR count). The molecule has 1 saturated carbocycles. The molecule has 4 heteroatoms. The van der Waals surface area contributed by atoms with Gasteiger partial charge in [0.25, 0.3) is 0 Å². The summed E-state index contributed by atoms with van der Waals surface area (Å²) in [6, 6.07) is 0.0185. The smallest absolute Gasteiger partial charge is 0.224 e. The molecule has 0 aliphatic heterocycles. The first kappa shape index (κ1) is 16.4. The van der Waals surface area contributed by atoms with Crippen molar-refractivity contribution < 1.29 is 9.90 Å². The Morgan fingerprint density at radius 3 is 2.74 bits per heavy atom. The van der Waals surface area contributed by atoms with Gasteiger partial charge in [0.1, 0.15) is 0 Å². The molecule has 0 aromatic heterocycles. The Morgan fingerprint density at radius 2 is 2.05 bits per heavy atom. The number of amides is 1. The second kappa shape index (κ2) is 9.32. The van der Waals surface area contributed by atoms with Crippen LogP contribution in [-0.4, -0.2) is 30.2 Å². The number of carbonyl (C=O) groups is 1. The Morgan fingerprint density at radius 1 is 1.32 bits per heavy atom. The first-order chi connectivity index (χ1) is 9.19. The molecule has 0 saturated heterocycles. The SMILES string of the molecule is CCCC(CCO)CNC(=O)C1CCCCCC1N. The van der Waals surface area contributed by atoms with Crippen LogP contribution in [0, 0.1) is 11.8 Å². The summed E-state index contributed by atoms with van der Waals surface area (Å²) in [6.45, 7) is 3.01. The minimum absolute atomic E-state index is 0.0149. The molecule has 0 heterocycles. The van der Waals surface area contributed by atoms with Gasteiger partial charge >= 0.3 is 0 Å². The molecule has 19 heavy (non-hydrogen) atoms. The molecule has 3 unspecified atom stereocenters. The summed E-state index contributed by atoms with van der Waals surface area (Å²) in [4.78, 5) is 12.2. The molecule has 3 atom stereocenters. The summed E-state index contributed by atoms with van der Waals surface area (Å²) in [7, 11) is 0. The molecule has 1 fully saturated rings. The molecule has 0 aromatic rings. The lowest BCUT2D eigenvalue weighted by molar-refractivity contribution is -0.126. The second-order valence-corrected chi connectivity index (χ2v) is 5.82. The lowest BCUT2D eigenvalue weighted by Gasteiger charge is -2.22. The summed E-state index contributed by atoms with van der Waals surface area (Å²) in [5.74, 6) is 0.494. The summed E-state index contributed by atoms with van der Waals surface area (Å²) in [5, 5.41) is 12.1. The Hall–Kier alpha value is -0.610. The summed E-state index contributed by atoms with van der Waals surface area (Å²) in [6.07, 6.45) is 8.25. The van der Waals surface area contributed by atoms with Crippen molar-refractivity contribution >= 4 is 5.91 Å². The number of nitrogens with two attached hydrogens (primary N) is 1. The molecular weight excluding hydrogens is 240 g/mol. The van der Waals surface area contributed by atoms with Crippen molar-refractivity contribution in [3.63, 3.8) is 0 Å². The van der Waals surface area contributed by atoms with Crippen LogP contribution < -0.4 is 11.1 Å². The number of carbonyl (C=O) groups excluding carboxylic acids is 1. The molecule has 4 N–H and O–H groups in total. The minimum Gasteiger partial charge on any atom is -0.396 e. The zero-order valence-corrected chi connectivity index (χ0v) is 12.2. The molecule has 1 aliphatic rings. The summed E-state index contributed by atoms with van der Waals surface area (Å²) >= 11 is 0. The van der Waals surface area contributed by atoms with Crippen molar-refractivity contribution in [1.82, 2.24) is 5.32 Å². The van der Waals surface area contributed by atoms with E-state index in [0.29, 0.717) is 12.5 Å². The molecule has 4 nitrogen and oxygen atoms in total. The third kappa shape index (κ3) is 5.91. The van der Waals surface area contributed by atoms with E-state index < -0.39 is 0 Å². The van der Waals surface area contributed by atoms with Crippen LogP contribution >= 0.6 is 0 Å². The highest BCUT2D eigenvalue weighted by atomic mass is 16.3. The van der Waals surface area contributed by atoms with Gasteiger partial charge in [-0.15, -0.1) is 0 Å². The highest BCUT2D eigenvalue weighted by Gasteiger charge is 2.27. The van der Waals surface area contributed by atoms with Crippen molar-refractivity contribution in [3.05, 3.63) is 0 Å². The van der Waals surface area contributed by atoms with Gasteiger partial charge in [-0.1, -0.05) is 32.6 Å². The van der Waals surface area contributed by atoms with E-state index in [2.05, 4.69) is 12.2 Å². The lowest BCUT2D eigenvalue weighted by Crippen LogP contribution is -2.42. The van der Waals surface area contributed by atoms with Gasteiger partial charge in [-0.25, -0.2) is 0 Å². The van der Waals surface area contributed by atoms with Gasteiger partial charge in [0, 0.05) is 19.2 Å². The second-order valence-electron chi connectivity index (χ2n) is 5.82. The first-order valence-electron chi connectivity index (χ1n) is 7.83. The fourth-order valence-electron chi connectivity index (χ4n) is 2.98. The van der Waals surface area contributed by atoms with Gasteiger partial charge in [-0.2, -0.15) is 0 Å². The Bertz CT molecular complexity index is 253. The predicted molar refractivity (Wildman–Crippen MR) is 77.7 cm³/mol. The topological polar surface area (TPSA) is 75.3 Å². The number of rotatable bonds is 7. The third-order valence-corrected chi connectivity index (χ3v) is 4.21. The normalized spacial score (nSPS) is 25.6. The van der Waals surface area contributed by atoms with Crippen molar-refractivity contribution in [2.24, 2.45) is 17.6 Å². The van der Waals surface area contributed by atoms with Gasteiger partial charge in [0.05, 0.1) is 5.92 Å². The molecule has 0 spiro atoms. The highest BCUT2D eigenvalue weighted by Crippen LogP contribution is 2.22. The minimum atomic E-state index is -0.0149. The van der Waals surface area contributed by atoms with Crippen molar-refractivity contribution in [3.8, 4) is 0 Å². The van der Waals surface area contributed by atoms with Crippen molar-refractivity contribution in [2.45, 2.75) is 64.3 Å². The molecule has 112 valence electrons. The fourth-order valence-corrected chi connectivity index (χ4v) is 2.98. The molecule has 1 aliphatic carbocycles. The molecule has 1 amide bonds. The molecule has 0 bridgehead atoms. The number of aliphatic hydroxyl groups is 1. The lowest BCUT2D eigenvalue weighted by atomic mass is 9.94. The van der Waals surface area contributed by atoms with E-state index in [1.165, 1.54) is 6.42 Å². The van der Waals surface area contributed by atoms with Crippen LogP contribution in [0.4, 0.5) is 0 Å². The Balaban J connectivity index is 2.39. The van der Waals surface area contributed by atoms with E-state index >= 15 is 0 Å². The zero-order valence-electron chi connectivity index (χ0n) is 12.2. The van der Waals surface area contributed by atoms with Crippen LogP contribution in [0.3, 0.4) is 0 Å². The zero-order chi connectivity index (χ0) is 14.1. The Labute approximate surface area is 117 Å². The van der Waals surface area contributed by atoms with Gasteiger partial charge in [-0.3, -0.25) is 4.79 Å². The molecule has 0 radical (unpaired) electrons. The fraction of sp³-hybridized carbons (Fsp3) is 0.933. The van der Waals surface area contributed by atoms with Gasteiger partial charge in [-0.05, 0) is 31.6 Å². The van der Waals surface area contributed by atoms with Gasteiger partial charge in [0.15, 0.2) is 0 Å². The monoisotopic (exact) mass is 270 g/mol. The van der Waals surface area contributed by atoms with Crippen molar-refractivity contribution in [2.75, 3.05) is 13.2 Å². The van der Waals surface area contributed by atoms with Crippen LogP contribution in [-0.2, 0) is 4.79 Å². The van der Waals surface area contributed by atoms with E-state index in [1.54, 1.807) is 0 Å². The molecular formula is C15H30N2O2. The predicted octanol–water partition coefficient (Wildman–Crippen LogP) is 1.81. The average molecular weight is 270 g/mol. The average Bonchev–Trinajstić information content (AvgIpc) is 2.61. The maximum Gasteiger partial charge on any atom is 0.224 e.